The quantitative estimate of drug-likeness (QED) is 0.869. The van der Waals surface area contributed by atoms with Crippen LogP contribution in [0.1, 0.15) is 17.2 Å². The summed E-state index contributed by atoms with van der Waals surface area (Å²) >= 11 is 0. The van der Waals surface area contributed by atoms with Crippen molar-refractivity contribution in [3.05, 3.63) is 71.5 Å². The summed E-state index contributed by atoms with van der Waals surface area (Å²) in [6.07, 6.45) is 0. The van der Waals surface area contributed by atoms with E-state index in [9.17, 15) is 9.18 Å². The highest BCUT2D eigenvalue weighted by Gasteiger charge is 2.46. The van der Waals surface area contributed by atoms with Crippen LogP contribution >= 0.6 is 0 Å². The first-order valence-electron chi connectivity index (χ1n) is 6.53. The maximum atomic E-state index is 13.9. The van der Waals surface area contributed by atoms with E-state index in [-0.39, 0.29) is 17.8 Å². The minimum absolute atomic E-state index is 0.137. The number of halogens is 1. The molecule has 102 valence electrons. The Balaban J connectivity index is 1.87. The molecule has 1 fully saturated rings. The first-order chi connectivity index (χ1) is 9.68. The second-order valence-corrected chi connectivity index (χ2v) is 4.94. The summed E-state index contributed by atoms with van der Waals surface area (Å²) < 4.78 is 13.9. The molecule has 1 saturated heterocycles. The molecule has 3 rings (SSSR count). The van der Waals surface area contributed by atoms with E-state index in [0.29, 0.717) is 12.1 Å². The summed E-state index contributed by atoms with van der Waals surface area (Å²) in [5.74, 6) is -0.458. The van der Waals surface area contributed by atoms with E-state index in [2.05, 4.69) is 0 Å². The van der Waals surface area contributed by atoms with Crippen LogP contribution in [0.3, 0.4) is 0 Å². The van der Waals surface area contributed by atoms with Gasteiger partial charge in [0.05, 0.1) is 6.04 Å². The second-order valence-electron chi connectivity index (χ2n) is 4.94. The Morgan fingerprint density at radius 3 is 2.40 bits per heavy atom. The van der Waals surface area contributed by atoms with Crippen molar-refractivity contribution in [2.45, 2.75) is 18.6 Å². The predicted molar refractivity (Wildman–Crippen MR) is 74.1 cm³/mol. The van der Waals surface area contributed by atoms with Crippen LogP contribution in [0, 0.1) is 5.82 Å². The van der Waals surface area contributed by atoms with Gasteiger partial charge in [-0.25, -0.2) is 4.39 Å². The predicted octanol–water partition coefficient (Wildman–Crippen LogP) is 2.24. The fourth-order valence-electron chi connectivity index (χ4n) is 2.61. The third-order valence-electron chi connectivity index (χ3n) is 3.66. The van der Waals surface area contributed by atoms with Gasteiger partial charge in [-0.05, 0) is 11.6 Å². The van der Waals surface area contributed by atoms with Crippen molar-refractivity contribution in [2.24, 2.45) is 5.73 Å². The molecule has 2 aromatic carbocycles. The van der Waals surface area contributed by atoms with Gasteiger partial charge in [-0.1, -0.05) is 48.5 Å². The van der Waals surface area contributed by atoms with Gasteiger partial charge in [0, 0.05) is 12.1 Å². The third-order valence-corrected chi connectivity index (χ3v) is 3.66. The van der Waals surface area contributed by atoms with Crippen molar-refractivity contribution in [1.82, 2.24) is 4.90 Å². The molecule has 0 radical (unpaired) electrons. The molecular formula is C16H15FN2O. The summed E-state index contributed by atoms with van der Waals surface area (Å²) in [6.45, 7) is 0.451. The molecule has 20 heavy (non-hydrogen) atoms. The normalized spacial score (nSPS) is 21.7. The summed E-state index contributed by atoms with van der Waals surface area (Å²) in [5.41, 5.74) is 7.34. The molecular weight excluding hydrogens is 255 g/mol. The van der Waals surface area contributed by atoms with Crippen LogP contribution < -0.4 is 5.73 Å². The van der Waals surface area contributed by atoms with Crippen LogP contribution in [-0.2, 0) is 11.3 Å². The number of hydrogen-bond acceptors (Lipinski definition) is 2. The van der Waals surface area contributed by atoms with Crippen molar-refractivity contribution in [2.75, 3.05) is 0 Å². The molecule has 2 aromatic rings. The smallest absolute Gasteiger partial charge is 0.242 e. The fourth-order valence-corrected chi connectivity index (χ4v) is 2.61. The number of carbonyl (C=O) groups excluding carboxylic acids is 1. The lowest BCUT2D eigenvalue weighted by Gasteiger charge is -2.45. The molecule has 0 saturated carbocycles. The Morgan fingerprint density at radius 1 is 1.05 bits per heavy atom. The van der Waals surface area contributed by atoms with E-state index in [0.717, 1.165) is 5.56 Å². The average Bonchev–Trinajstić information content (AvgIpc) is 2.49. The molecule has 0 spiro atoms. The number of rotatable bonds is 3. The first-order valence-corrected chi connectivity index (χ1v) is 6.53. The van der Waals surface area contributed by atoms with Crippen molar-refractivity contribution in [3.63, 3.8) is 0 Å². The lowest BCUT2D eigenvalue weighted by Crippen LogP contribution is -2.62. The van der Waals surface area contributed by atoms with E-state index in [4.69, 9.17) is 5.73 Å². The first kappa shape index (κ1) is 12.8. The van der Waals surface area contributed by atoms with Crippen molar-refractivity contribution in [1.29, 1.82) is 0 Å². The van der Waals surface area contributed by atoms with Crippen LogP contribution in [0.2, 0.25) is 0 Å². The minimum atomic E-state index is -0.657. The monoisotopic (exact) mass is 270 g/mol. The van der Waals surface area contributed by atoms with Gasteiger partial charge in [-0.15, -0.1) is 0 Å². The van der Waals surface area contributed by atoms with Gasteiger partial charge in [0.1, 0.15) is 11.9 Å². The lowest BCUT2D eigenvalue weighted by molar-refractivity contribution is -0.150. The number of β-lactam (4-membered cyclic amide) rings is 1. The number of nitrogens with two attached hydrogens (primary N) is 1. The Labute approximate surface area is 116 Å². The number of carbonyl (C=O) groups is 1. The van der Waals surface area contributed by atoms with Gasteiger partial charge < -0.3 is 10.6 Å². The van der Waals surface area contributed by atoms with Gasteiger partial charge in [0.15, 0.2) is 0 Å². The van der Waals surface area contributed by atoms with Crippen LogP contribution in [0.15, 0.2) is 54.6 Å². The van der Waals surface area contributed by atoms with E-state index >= 15 is 0 Å². The van der Waals surface area contributed by atoms with Gasteiger partial charge in [0.25, 0.3) is 0 Å². The molecule has 1 aliphatic heterocycles. The molecule has 1 amide bonds. The molecule has 3 nitrogen and oxygen atoms in total. The third kappa shape index (κ3) is 2.08. The molecule has 0 aliphatic carbocycles. The number of likely N-dealkylation sites (tertiary alicyclic amines) is 1. The average molecular weight is 270 g/mol. The van der Waals surface area contributed by atoms with Gasteiger partial charge >= 0.3 is 0 Å². The molecule has 1 heterocycles. The van der Waals surface area contributed by atoms with Crippen LogP contribution in [0.5, 0.6) is 0 Å². The zero-order valence-corrected chi connectivity index (χ0v) is 10.9. The highest BCUT2D eigenvalue weighted by Crippen LogP contribution is 2.36. The molecule has 2 N–H and O–H groups in total. The summed E-state index contributed by atoms with van der Waals surface area (Å²) in [4.78, 5) is 13.6. The van der Waals surface area contributed by atoms with Gasteiger partial charge in [0.2, 0.25) is 5.91 Å². The van der Waals surface area contributed by atoms with Crippen molar-refractivity contribution in [3.8, 4) is 0 Å². The summed E-state index contributed by atoms with van der Waals surface area (Å²) in [7, 11) is 0. The van der Waals surface area contributed by atoms with Gasteiger partial charge in [-0.2, -0.15) is 0 Å². The summed E-state index contributed by atoms with van der Waals surface area (Å²) in [5, 5.41) is 0. The van der Waals surface area contributed by atoms with E-state index in [1.807, 2.05) is 30.3 Å². The lowest BCUT2D eigenvalue weighted by atomic mass is 9.88. The van der Waals surface area contributed by atoms with Crippen LogP contribution in [0.25, 0.3) is 0 Å². The Bertz CT molecular complexity index is 629. The van der Waals surface area contributed by atoms with Crippen LogP contribution in [-0.4, -0.2) is 16.8 Å². The van der Waals surface area contributed by atoms with Crippen molar-refractivity contribution >= 4 is 5.91 Å². The Hall–Kier alpha value is -2.20. The van der Waals surface area contributed by atoms with E-state index in [1.54, 1.807) is 23.1 Å². The highest BCUT2D eigenvalue weighted by atomic mass is 19.1. The Kier molecular flexibility index (Phi) is 3.24. The highest BCUT2D eigenvalue weighted by molar-refractivity contribution is 5.89. The van der Waals surface area contributed by atoms with Crippen LogP contribution in [0.4, 0.5) is 4.39 Å². The Morgan fingerprint density at radius 2 is 1.70 bits per heavy atom. The molecule has 2 atom stereocenters. The largest absolute Gasteiger partial charge is 0.328 e. The molecule has 0 unspecified atom stereocenters. The minimum Gasteiger partial charge on any atom is -0.328 e. The number of hydrogen-bond donors (Lipinski definition) is 1. The summed E-state index contributed by atoms with van der Waals surface area (Å²) in [6, 6.07) is 15.1. The molecule has 4 heteroatoms. The van der Waals surface area contributed by atoms with Gasteiger partial charge in [-0.3, -0.25) is 4.79 Å². The standard InChI is InChI=1S/C16H15FN2O/c17-13-9-5-4-8-12(13)15-14(18)16(20)19(15)10-11-6-2-1-3-7-11/h1-9,14-15H,10,18H2/t14-,15-/m0/s1. The second kappa shape index (κ2) is 5.06. The van der Waals surface area contributed by atoms with Crippen molar-refractivity contribution < 1.29 is 9.18 Å². The fraction of sp³-hybridized carbons (Fsp3) is 0.188. The zero-order valence-electron chi connectivity index (χ0n) is 10.9. The number of benzene rings is 2. The molecule has 0 bridgehead atoms. The molecule has 1 aliphatic rings. The number of nitrogens with zero attached hydrogens (tertiary/aromatic N) is 1. The maximum absolute atomic E-state index is 13.9. The van der Waals surface area contributed by atoms with E-state index in [1.165, 1.54) is 6.07 Å². The SMILES string of the molecule is N[C@@H]1C(=O)N(Cc2ccccc2)[C@H]1c1ccccc1F. The zero-order chi connectivity index (χ0) is 14.1. The van der Waals surface area contributed by atoms with E-state index < -0.39 is 6.04 Å². The molecule has 0 aromatic heterocycles. The number of amides is 1. The maximum Gasteiger partial charge on any atom is 0.242 e. The topological polar surface area (TPSA) is 46.3 Å².